The molecule has 2 heterocycles. The van der Waals surface area contributed by atoms with Crippen molar-refractivity contribution in [2.75, 3.05) is 0 Å². The molecule has 0 N–H and O–H groups in total. The predicted octanol–water partition coefficient (Wildman–Crippen LogP) is 11.4. The van der Waals surface area contributed by atoms with Gasteiger partial charge < -0.3 is 0 Å². The molecule has 2 aromatic heterocycles. The van der Waals surface area contributed by atoms with Crippen LogP contribution in [0.15, 0.2) is 119 Å². The molecule has 2 nitrogen and oxygen atoms in total. The molecule has 0 saturated heterocycles. The van der Waals surface area contributed by atoms with E-state index in [1.165, 1.54) is 23.1 Å². The van der Waals surface area contributed by atoms with E-state index in [9.17, 15) is 0 Å². The van der Waals surface area contributed by atoms with Crippen molar-refractivity contribution in [3.8, 4) is 43.4 Å². The van der Waals surface area contributed by atoms with Gasteiger partial charge in [-0.2, -0.15) is 8.75 Å². The minimum Gasteiger partial charge on any atom is -0.191 e. The summed E-state index contributed by atoms with van der Waals surface area (Å²) in [5.41, 5.74) is 6.30. The third kappa shape index (κ3) is 5.43. The molecule has 0 fully saturated rings. The summed E-state index contributed by atoms with van der Waals surface area (Å²) in [7, 11) is 3.45. The highest BCUT2D eigenvalue weighted by Crippen LogP contribution is 2.53. The summed E-state index contributed by atoms with van der Waals surface area (Å²) in [6, 6.07) is 36.6. The van der Waals surface area contributed by atoms with E-state index >= 15 is 0 Å². The zero-order valence-electron chi connectivity index (χ0n) is 19.7. The second-order valence-electron chi connectivity index (χ2n) is 8.29. The Morgan fingerprint density at radius 1 is 0.447 bits per heavy atom. The number of hydrogen-bond acceptors (Lipinski definition) is 6. The first-order chi connectivity index (χ1) is 18.7. The monoisotopic (exact) mass is 604 g/mol. The standard InChI is InChI=1S/C30H18Cl2N2S4/c31-23-15-11-19(12-16-23)25-29(27(35-33-25)21-7-3-1-4-8-21)37-38-30-26(20-13-17-24(32)18-14-20)34-36-28(30)22-9-5-2-6-10-22/h1-18H. The SMILES string of the molecule is Clc1ccc(-c2nsc(-c3ccccc3)c2SSc2c(-c3ccc(Cl)cc3)nsc2-c2ccccc2)cc1. The van der Waals surface area contributed by atoms with Gasteiger partial charge in [-0.15, -0.1) is 0 Å². The Labute approximate surface area is 247 Å². The molecule has 186 valence electrons. The lowest BCUT2D eigenvalue weighted by Gasteiger charge is -2.09. The van der Waals surface area contributed by atoms with Gasteiger partial charge in [0.1, 0.15) is 0 Å². The third-order valence-corrected chi connectivity index (χ3v) is 10.8. The van der Waals surface area contributed by atoms with Gasteiger partial charge in [-0.25, -0.2) is 0 Å². The molecule has 0 aliphatic heterocycles. The van der Waals surface area contributed by atoms with Crippen LogP contribution in [-0.2, 0) is 0 Å². The Hall–Kier alpha value is -2.58. The molecule has 0 aliphatic carbocycles. The molecule has 6 aromatic rings. The van der Waals surface area contributed by atoms with Crippen LogP contribution in [-0.4, -0.2) is 8.75 Å². The van der Waals surface area contributed by atoms with E-state index < -0.39 is 0 Å². The summed E-state index contributed by atoms with van der Waals surface area (Å²) >= 11 is 15.4. The molecule has 0 spiro atoms. The van der Waals surface area contributed by atoms with Gasteiger partial charge in [0.15, 0.2) is 0 Å². The van der Waals surface area contributed by atoms with Crippen LogP contribution in [0.1, 0.15) is 0 Å². The summed E-state index contributed by atoms with van der Waals surface area (Å²) in [5, 5.41) is 1.42. The highest BCUT2D eigenvalue weighted by atomic mass is 35.5. The zero-order chi connectivity index (χ0) is 25.9. The largest absolute Gasteiger partial charge is 0.191 e. The van der Waals surface area contributed by atoms with Gasteiger partial charge >= 0.3 is 0 Å². The van der Waals surface area contributed by atoms with E-state index in [0.29, 0.717) is 10.0 Å². The van der Waals surface area contributed by atoms with Crippen molar-refractivity contribution in [2.45, 2.75) is 9.79 Å². The van der Waals surface area contributed by atoms with E-state index in [4.69, 9.17) is 31.9 Å². The van der Waals surface area contributed by atoms with Gasteiger partial charge in [0.05, 0.1) is 30.9 Å². The number of nitrogens with zero attached hydrogens (tertiary/aromatic N) is 2. The van der Waals surface area contributed by atoms with Gasteiger partial charge in [0.25, 0.3) is 0 Å². The quantitative estimate of drug-likeness (QED) is 0.169. The Balaban J connectivity index is 1.44. The Morgan fingerprint density at radius 2 is 0.816 bits per heavy atom. The van der Waals surface area contributed by atoms with Crippen molar-refractivity contribution < 1.29 is 0 Å². The topological polar surface area (TPSA) is 25.8 Å². The number of rotatable bonds is 7. The van der Waals surface area contributed by atoms with Crippen LogP contribution >= 0.6 is 67.9 Å². The highest BCUT2D eigenvalue weighted by molar-refractivity contribution is 8.76. The molecule has 8 heteroatoms. The van der Waals surface area contributed by atoms with Crippen LogP contribution in [0.5, 0.6) is 0 Å². The average Bonchev–Trinajstić information content (AvgIpc) is 3.58. The lowest BCUT2D eigenvalue weighted by atomic mass is 10.1. The minimum atomic E-state index is 0.709. The molecule has 0 saturated carbocycles. The van der Waals surface area contributed by atoms with Crippen LogP contribution in [0, 0.1) is 0 Å². The number of benzene rings is 4. The van der Waals surface area contributed by atoms with Crippen molar-refractivity contribution in [3.63, 3.8) is 0 Å². The molecule has 0 radical (unpaired) electrons. The maximum Gasteiger partial charge on any atom is 0.0991 e. The molecule has 0 amide bonds. The molecule has 0 unspecified atom stereocenters. The molecule has 4 aromatic carbocycles. The summed E-state index contributed by atoms with van der Waals surface area (Å²) in [6.07, 6.45) is 0. The van der Waals surface area contributed by atoms with Crippen molar-refractivity contribution >= 4 is 67.9 Å². The predicted molar refractivity (Wildman–Crippen MR) is 168 cm³/mol. The molecular formula is C30H18Cl2N2S4. The van der Waals surface area contributed by atoms with Crippen LogP contribution < -0.4 is 0 Å². The molecule has 0 bridgehead atoms. The van der Waals surface area contributed by atoms with Gasteiger partial charge in [0.2, 0.25) is 0 Å². The van der Waals surface area contributed by atoms with E-state index in [2.05, 4.69) is 48.5 Å². The van der Waals surface area contributed by atoms with Crippen molar-refractivity contribution in [3.05, 3.63) is 119 Å². The third-order valence-electron chi connectivity index (χ3n) is 5.81. The first kappa shape index (κ1) is 25.7. The molecular weight excluding hydrogens is 588 g/mol. The number of hydrogen-bond donors (Lipinski definition) is 0. The van der Waals surface area contributed by atoms with Crippen molar-refractivity contribution in [1.29, 1.82) is 0 Å². The highest BCUT2D eigenvalue weighted by Gasteiger charge is 2.22. The van der Waals surface area contributed by atoms with Crippen molar-refractivity contribution in [1.82, 2.24) is 8.75 Å². The lowest BCUT2D eigenvalue weighted by molar-refractivity contribution is 1.41. The fraction of sp³-hybridized carbons (Fsp3) is 0. The van der Waals surface area contributed by atoms with E-state index in [-0.39, 0.29) is 0 Å². The van der Waals surface area contributed by atoms with Gasteiger partial charge in [-0.05, 0) is 80.0 Å². The summed E-state index contributed by atoms with van der Waals surface area (Å²) in [5.74, 6) is 0. The van der Waals surface area contributed by atoms with Gasteiger partial charge in [-0.3, -0.25) is 0 Å². The minimum absolute atomic E-state index is 0.709. The smallest absolute Gasteiger partial charge is 0.0991 e. The fourth-order valence-electron chi connectivity index (χ4n) is 3.93. The lowest BCUT2D eigenvalue weighted by Crippen LogP contribution is -1.83. The second kappa shape index (κ2) is 11.7. The van der Waals surface area contributed by atoms with Crippen molar-refractivity contribution in [2.24, 2.45) is 0 Å². The van der Waals surface area contributed by atoms with E-state index in [1.54, 1.807) is 21.6 Å². The van der Waals surface area contributed by atoms with Crippen LogP contribution in [0.25, 0.3) is 43.4 Å². The average molecular weight is 606 g/mol. The van der Waals surface area contributed by atoms with E-state index in [0.717, 1.165) is 53.2 Å². The van der Waals surface area contributed by atoms with Crippen LogP contribution in [0.4, 0.5) is 0 Å². The summed E-state index contributed by atoms with van der Waals surface area (Å²) in [4.78, 5) is 4.54. The van der Waals surface area contributed by atoms with Crippen LogP contribution in [0.2, 0.25) is 10.0 Å². The summed E-state index contributed by atoms with van der Waals surface area (Å²) < 4.78 is 9.80. The first-order valence-corrected chi connectivity index (χ1v) is 16.1. The normalized spacial score (nSPS) is 11.1. The van der Waals surface area contributed by atoms with E-state index in [1.807, 2.05) is 60.7 Å². The maximum absolute atomic E-state index is 6.19. The number of halogens is 2. The van der Waals surface area contributed by atoms with Crippen LogP contribution in [0.3, 0.4) is 0 Å². The van der Waals surface area contributed by atoms with Gasteiger partial charge in [-0.1, -0.05) is 108 Å². The Morgan fingerprint density at radius 3 is 1.18 bits per heavy atom. The molecule has 0 atom stereocenters. The zero-order valence-corrected chi connectivity index (χ0v) is 24.5. The number of aromatic nitrogens is 2. The Kier molecular flexibility index (Phi) is 7.88. The molecule has 6 rings (SSSR count). The fourth-order valence-corrected chi connectivity index (χ4v) is 9.20. The van der Waals surface area contributed by atoms with Gasteiger partial charge in [0, 0.05) is 21.2 Å². The first-order valence-electron chi connectivity index (χ1n) is 11.6. The Bertz CT molecular complexity index is 1540. The summed E-state index contributed by atoms with van der Waals surface area (Å²) in [6.45, 7) is 0. The maximum atomic E-state index is 6.19. The molecule has 0 aliphatic rings. The molecule has 38 heavy (non-hydrogen) atoms. The second-order valence-corrected chi connectivity index (χ2v) is 12.9.